The quantitative estimate of drug-likeness (QED) is 0.332. The molecule has 3 N–H and O–H groups in total. The van der Waals surface area contributed by atoms with Crippen LogP contribution in [0.5, 0.6) is 11.5 Å². The van der Waals surface area contributed by atoms with Gasteiger partial charge in [0, 0.05) is 22.7 Å². The van der Waals surface area contributed by atoms with Crippen molar-refractivity contribution in [1.82, 2.24) is 10.9 Å². The van der Waals surface area contributed by atoms with Crippen LogP contribution in [-0.2, 0) is 4.79 Å². The predicted octanol–water partition coefficient (Wildman–Crippen LogP) is 3.81. The molecule has 8 nitrogen and oxygen atoms in total. The number of rotatable bonds is 9. The van der Waals surface area contributed by atoms with Gasteiger partial charge in [0.15, 0.2) is 0 Å². The SMILES string of the molecule is CC(C)C(=O)Nc1ccc(C(=O)NNC(=O)c2ccc(OCCOc3ccccc3)cc2)cc1. The summed E-state index contributed by atoms with van der Waals surface area (Å²) < 4.78 is 11.2. The Bertz CT molecular complexity index is 1100. The van der Waals surface area contributed by atoms with E-state index in [4.69, 9.17) is 9.47 Å². The summed E-state index contributed by atoms with van der Waals surface area (Å²) in [5.41, 5.74) is 6.04. The van der Waals surface area contributed by atoms with Crippen molar-refractivity contribution in [1.29, 1.82) is 0 Å². The molecule has 0 unspecified atom stereocenters. The molecule has 3 rings (SSSR count). The van der Waals surface area contributed by atoms with Crippen molar-refractivity contribution >= 4 is 23.4 Å². The number of amides is 3. The van der Waals surface area contributed by atoms with Gasteiger partial charge in [-0.05, 0) is 60.7 Å². The van der Waals surface area contributed by atoms with Gasteiger partial charge in [-0.1, -0.05) is 32.0 Å². The highest BCUT2D eigenvalue weighted by Crippen LogP contribution is 2.13. The highest BCUT2D eigenvalue weighted by Gasteiger charge is 2.11. The van der Waals surface area contributed by atoms with E-state index in [-0.39, 0.29) is 11.8 Å². The summed E-state index contributed by atoms with van der Waals surface area (Å²) in [6, 6.07) is 22.4. The summed E-state index contributed by atoms with van der Waals surface area (Å²) in [7, 11) is 0. The lowest BCUT2D eigenvalue weighted by Crippen LogP contribution is -2.41. The second kappa shape index (κ2) is 12.1. The molecule has 3 aromatic rings. The zero-order valence-corrected chi connectivity index (χ0v) is 19.0. The van der Waals surface area contributed by atoms with E-state index in [2.05, 4.69) is 16.2 Å². The lowest BCUT2D eigenvalue weighted by atomic mass is 10.1. The molecular weight excluding hydrogens is 434 g/mol. The maximum absolute atomic E-state index is 12.3. The molecule has 0 aliphatic rings. The van der Waals surface area contributed by atoms with Gasteiger partial charge < -0.3 is 14.8 Å². The zero-order valence-electron chi connectivity index (χ0n) is 19.0. The highest BCUT2D eigenvalue weighted by molar-refractivity contribution is 5.99. The average Bonchev–Trinajstić information content (AvgIpc) is 2.86. The normalized spacial score (nSPS) is 10.3. The first-order chi connectivity index (χ1) is 16.4. The van der Waals surface area contributed by atoms with Crippen molar-refractivity contribution in [3.05, 3.63) is 90.0 Å². The van der Waals surface area contributed by atoms with Crippen LogP contribution in [0.15, 0.2) is 78.9 Å². The third-order valence-electron chi connectivity index (χ3n) is 4.71. The first-order valence-corrected chi connectivity index (χ1v) is 10.8. The van der Waals surface area contributed by atoms with Gasteiger partial charge in [0.25, 0.3) is 11.8 Å². The molecule has 3 amide bonds. The molecule has 0 aromatic heterocycles. The Morgan fingerprint density at radius 3 is 1.65 bits per heavy atom. The third kappa shape index (κ3) is 7.37. The molecule has 34 heavy (non-hydrogen) atoms. The molecule has 0 aliphatic heterocycles. The smallest absolute Gasteiger partial charge is 0.269 e. The van der Waals surface area contributed by atoms with E-state index in [0.717, 1.165) is 5.75 Å². The van der Waals surface area contributed by atoms with Gasteiger partial charge in [-0.15, -0.1) is 0 Å². The van der Waals surface area contributed by atoms with Crippen molar-refractivity contribution in [2.45, 2.75) is 13.8 Å². The molecule has 0 fully saturated rings. The van der Waals surface area contributed by atoms with Gasteiger partial charge in [0.1, 0.15) is 24.7 Å². The average molecular weight is 462 g/mol. The molecule has 176 valence electrons. The summed E-state index contributed by atoms with van der Waals surface area (Å²) in [6.07, 6.45) is 0. The number of benzene rings is 3. The van der Waals surface area contributed by atoms with E-state index >= 15 is 0 Å². The van der Waals surface area contributed by atoms with Crippen LogP contribution in [0.25, 0.3) is 0 Å². The van der Waals surface area contributed by atoms with E-state index in [1.807, 2.05) is 30.3 Å². The minimum atomic E-state index is -0.478. The molecule has 0 saturated heterocycles. The Labute approximate surface area is 198 Å². The molecular formula is C26H27N3O5. The van der Waals surface area contributed by atoms with E-state index < -0.39 is 11.8 Å². The van der Waals surface area contributed by atoms with Gasteiger partial charge in [-0.3, -0.25) is 25.2 Å². The fraction of sp³-hybridized carbons (Fsp3) is 0.192. The number of hydrazine groups is 1. The topological polar surface area (TPSA) is 106 Å². The van der Waals surface area contributed by atoms with Crippen LogP contribution in [0.2, 0.25) is 0 Å². The Morgan fingerprint density at radius 2 is 1.15 bits per heavy atom. The first kappa shape index (κ1) is 24.3. The standard InChI is InChI=1S/C26H27N3O5/c1-18(2)24(30)27-21-12-8-19(9-13-21)25(31)28-29-26(32)20-10-14-23(15-11-20)34-17-16-33-22-6-4-3-5-7-22/h3-15,18H,16-17H2,1-2H3,(H,27,30)(H,28,31)(H,29,32). The lowest BCUT2D eigenvalue weighted by molar-refractivity contribution is -0.118. The molecule has 0 saturated carbocycles. The molecule has 3 aromatic carbocycles. The van der Waals surface area contributed by atoms with Gasteiger partial charge in [-0.25, -0.2) is 0 Å². The molecule has 0 bridgehead atoms. The minimum absolute atomic E-state index is 0.110. The number of hydrogen-bond donors (Lipinski definition) is 3. The van der Waals surface area contributed by atoms with Crippen molar-refractivity contribution < 1.29 is 23.9 Å². The molecule has 0 radical (unpaired) electrons. The van der Waals surface area contributed by atoms with Gasteiger partial charge in [0.05, 0.1) is 0 Å². The largest absolute Gasteiger partial charge is 0.490 e. The Balaban J connectivity index is 1.41. The van der Waals surface area contributed by atoms with Crippen LogP contribution in [0.4, 0.5) is 5.69 Å². The van der Waals surface area contributed by atoms with Crippen LogP contribution in [0, 0.1) is 5.92 Å². The van der Waals surface area contributed by atoms with Crippen molar-refractivity contribution in [2.24, 2.45) is 5.92 Å². The van der Waals surface area contributed by atoms with E-state index in [1.54, 1.807) is 62.4 Å². The number of para-hydroxylation sites is 1. The van der Waals surface area contributed by atoms with Crippen LogP contribution in [-0.4, -0.2) is 30.9 Å². The predicted molar refractivity (Wildman–Crippen MR) is 129 cm³/mol. The van der Waals surface area contributed by atoms with E-state index in [9.17, 15) is 14.4 Å². The Hall–Kier alpha value is -4.33. The van der Waals surface area contributed by atoms with Crippen LogP contribution in [0.3, 0.4) is 0 Å². The van der Waals surface area contributed by atoms with E-state index in [1.165, 1.54) is 0 Å². The summed E-state index contributed by atoms with van der Waals surface area (Å²) in [5.74, 6) is 0.173. The van der Waals surface area contributed by atoms with Crippen molar-refractivity contribution in [3.63, 3.8) is 0 Å². The number of carbonyl (C=O) groups is 3. The molecule has 0 spiro atoms. The van der Waals surface area contributed by atoms with Crippen LogP contribution < -0.4 is 25.6 Å². The Kier molecular flexibility index (Phi) is 8.62. The number of anilines is 1. The number of ether oxygens (including phenoxy) is 2. The van der Waals surface area contributed by atoms with Gasteiger partial charge >= 0.3 is 0 Å². The number of nitrogens with one attached hydrogen (secondary N) is 3. The highest BCUT2D eigenvalue weighted by atomic mass is 16.5. The fourth-order valence-corrected chi connectivity index (χ4v) is 2.79. The minimum Gasteiger partial charge on any atom is -0.490 e. The maximum atomic E-state index is 12.3. The first-order valence-electron chi connectivity index (χ1n) is 10.8. The Morgan fingerprint density at radius 1 is 0.676 bits per heavy atom. The fourth-order valence-electron chi connectivity index (χ4n) is 2.79. The molecule has 0 atom stereocenters. The maximum Gasteiger partial charge on any atom is 0.269 e. The summed E-state index contributed by atoms with van der Waals surface area (Å²) in [4.78, 5) is 36.3. The van der Waals surface area contributed by atoms with Crippen molar-refractivity contribution in [3.8, 4) is 11.5 Å². The number of hydrogen-bond acceptors (Lipinski definition) is 5. The summed E-state index contributed by atoms with van der Waals surface area (Å²) in [5, 5.41) is 2.75. The zero-order chi connectivity index (χ0) is 24.3. The van der Waals surface area contributed by atoms with Crippen molar-refractivity contribution in [2.75, 3.05) is 18.5 Å². The monoisotopic (exact) mass is 461 g/mol. The number of carbonyl (C=O) groups excluding carboxylic acids is 3. The van der Waals surface area contributed by atoms with Crippen LogP contribution >= 0.6 is 0 Å². The third-order valence-corrected chi connectivity index (χ3v) is 4.71. The summed E-state index contributed by atoms with van der Waals surface area (Å²) in [6.45, 7) is 4.34. The molecule has 8 heteroatoms. The van der Waals surface area contributed by atoms with Gasteiger partial charge in [-0.2, -0.15) is 0 Å². The van der Waals surface area contributed by atoms with E-state index in [0.29, 0.717) is 35.8 Å². The summed E-state index contributed by atoms with van der Waals surface area (Å²) >= 11 is 0. The lowest BCUT2D eigenvalue weighted by Gasteiger charge is -2.10. The molecule has 0 heterocycles. The molecule has 0 aliphatic carbocycles. The second-order valence-electron chi connectivity index (χ2n) is 7.66. The van der Waals surface area contributed by atoms with Gasteiger partial charge in [0.2, 0.25) is 5.91 Å². The second-order valence-corrected chi connectivity index (χ2v) is 7.66. The van der Waals surface area contributed by atoms with Crippen LogP contribution in [0.1, 0.15) is 34.6 Å².